The van der Waals surface area contributed by atoms with Crippen molar-refractivity contribution < 1.29 is 28.9 Å². The molecule has 160 valence electrons. The number of carbonyl (C=O) groups excluding carboxylic acids is 2. The third kappa shape index (κ3) is 5.69. The first-order valence-electron chi connectivity index (χ1n) is 9.10. The van der Waals surface area contributed by atoms with Crippen molar-refractivity contribution in [1.82, 2.24) is 0 Å². The lowest BCUT2D eigenvalue weighted by Gasteiger charge is -2.31. The summed E-state index contributed by atoms with van der Waals surface area (Å²) in [5.74, 6) is -3.38. The molecule has 1 heterocycles. The van der Waals surface area contributed by atoms with Crippen molar-refractivity contribution in [2.75, 3.05) is 26.3 Å². The third-order valence-electron chi connectivity index (χ3n) is 4.49. The van der Waals surface area contributed by atoms with E-state index in [2.05, 4.69) is 4.99 Å². The Morgan fingerprint density at radius 3 is 2.13 bits per heavy atom. The Bertz CT molecular complexity index is 894. The molecule has 1 aliphatic heterocycles. The van der Waals surface area contributed by atoms with E-state index in [-0.39, 0.29) is 5.57 Å². The number of rotatable bonds is 9. The van der Waals surface area contributed by atoms with Gasteiger partial charge in [0.05, 0.1) is 5.57 Å². The molecular weight excluding hydrogens is 398 g/mol. The largest absolute Gasteiger partial charge is 0.458 e. The maximum Gasteiger partial charge on any atom is 0.336 e. The van der Waals surface area contributed by atoms with Crippen molar-refractivity contribution in [3.8, 4) is 0 Å². The van der Waals surface area contributed by atoms with Gasteiger partial charge in [-0.05, 0) is 19.4 Å². The maximum atomic E-state index is 12.8. The highest BCUT2D eigenvalue weighted by molar-refractivity contribution is 6.07. The van der Waals surface area contributed by atoms with Crippen LogP contribution in [0, 0.1) is 26.1 Å². The van der Waals surface area contributed by atoms with Crippen molar-refractivity contribution in [2.45, 2.75) is 19.8 Å². The predicted molar refractivity (Wildman–Crippen MR) is 104 cm³/mol. The number of allylic oxidation sites excluding steroid dienone is 1. The molecule has 1 aromatic carbocycles. The van der Waals surface area contributed by atoms with E-state index in [1.54, 1.807) is 44.2 Å². The fraction of sp³-hybridized carbons (Fsp3) is 0.421. The molecule has 0 aliphatic carbocycles. The summed E-state index contributed by atoms with van der Waals surface area (Å²) in [6, 6.07) is 8.67. The van der Waals surface area contributed by atoms with E-state index in [1.165, 1.54) is 0 Å². The number of hydrogen-bond acceptors (Lipinski definition) is 9. The fourth-order valence-corrected chi connectivity index (χ4v) is 3.23. The minimum atomic E-state index is -0.999. The zero-order chi connectivity index (χ0) is 22.3. The summed E-state index contributed by atoms with van der Waals surface area (Å²) < 4.78 is 10.1. The Labute approximate surface area is 171 Å². The van der Waals surface area contributed by atoms with Gasteiger partial charge in [-0.3, -0.25) is 30.0 Å². The molecule has 0 saturated heterocycles. The molecule has 30 heavy (non-hydrogen) atoms. The van der Waals surface area contributed by atoms with Crippen LogP contribution in [0.4, 0.5) is 0 Å². The normalized spacial score (nSPS) is 18.4. The van der Waals surface area contributed by atoms with Crippen LogP contribution in [-0.4, -0.2) is 53.8 Å². The second-order valence-corrected chi connectivity index (χ2v) is 6.53. The van der Waals surface area contributed by atoms with E-state index in [0.29, 0.717) is 17.0 Å². The zero-order valence-electron chi connectivity index (χ0n) is 16.5. The van der Waals surface area contributed by atoms with Crippen molar-refractivity contribution in [1.29, 1.82) is 0 Å². The van der Waals surface area contributed by atoms with Crippen LogP contribution in [0.3, 0.4) is 0 Å². The standard InChI is InChI=1S/C19H21N3O8/c1-12-15(18(23)29-10-8-21(25)26)17(14-6-4-3-5-7-14)16(13(2)20-12)19(24)30-11-9-22(27)28/h3-7,15,17H,8-11H2,1-2H3. The van der Waals surface area contributed by atoms with Gasteiger partial charge in [-0.25, -0.2) is 4.79 Å². The molecule has 0 saturated carbocycles. The van der Waals surface area contributed by atoms with Crippen LogP contribution in [0.25, 0.3) is 0 Å². The maximum absolute atomic E-state index is 12.8. The lowest BCUT2D eigenvalue weighted by Crippen LogP contribution is -2.37. The van der Waals surface area contributed by atoms with Crippen molar-refractivity contribution in [3.63, 3.8) is 0 Å². The summed E-state index contributed by atoms with van der Waals surface area (Å²) in [7, 11) is 0. The van der Waals surface area contributed by atoms with Gasteiger partial charge in [0.1, 0.15) is 5.92 Å². The Hall–Kier alpha value is -3.63. The van der Waals surface area contributed by atoms with Crippen molar-refractivity contribution in [2.24, 2.45) is 10.9 Å². The molecule has 2 rings (SSSR count). The topological polar surface area (TPSA) is 151 Å². The van der Waals surface area contributed by atoms with Gasteiger partial charge in [0, 0.05) is 27.2 Å². The molecule has 0 radical (unpaired) electrons. The van der Waals surface area contributed by atoms with Gasteiger partial charge in [-0.1, -0.05) is 30.3 Å². The minimum absolute atomic E-state index is 0.0892. The molecule has 1 aliphatic rings. The quantitative estimate of drug-likeness (QED) is 0.334. The van der Waals surface area contributed by atoms with Crippen LogP contribution in [0.5, 0.6) is 0 Å². The van der Waals surface area contributed by atoms with Gasteiger partial charge in [-0.2, -0.15) is 0 Å². The molecule has 0 N–H and O–H groups in total. The van der Waals surface area contributed by atoms with E-state index >= 15 is 0 Å². The number of ether oxygens (including phenoxy) is 2. The molecule has 11 nitrogen and oxygen atoms in total. The highest BCUT2D eigenvalue weighted by atomic mass is 16.6. The van der Waals surface area contributed by atoms with E-state index in [4.69, 9.17) is 9.47 Å². The number of hydrogen-bond donors (Lipinski definition) is 0. The van der Waals surface area contributed by atoms with Crippen LogP contribution in [-0.2, 0) is 19.1 Å². The number of aliphatic imine (C=N–C) groups is 1. The summed E-state index contributed by atoms with van der Waals surface area (Å²) in [6.45, 7) is 1.25. The average Bonchev–Trinajstić information content (AvgIpc) is 2.67. The summed E-state index contributed by atoms with van der Waals surface area (Å²) in [6.07, 6.45) is 0. The first-order valence-corrected chi connectivity index (χ1v) is 9.10. The van der Waals surface area contributed by atoms with Gasteiger partial charge >= 0.3 is 11.9 Å². The average molecular weight is 419 g/mol. The highest BCUT2D eigenvalue weighted by Crippen LogP contribution is 2.40. The Morgan fingerprint density at radius 1 is 1.00 bits per heavy atom. The van der Waals surface area contributed by atoms with Gasteiger partial charge in [-0.15, -0.1) is 0 Å². The van der Waals surface area contributed by atoms with Gasteiger partial charge in [0.15, 0.2) is 13.2 Å². The number of carbonyl (C=O) groups is 2. The van der Waals surface area contributed by atoms with Crippen LogP contribution in [0.2, 0.25) is 0 Å². The summed E-state index contributed by atoms with van der Waals surface area (Å²) in [5.41, 5.74) is 1.41. The fourth-order valence-electron chi connectivity index (χ4n) is 3.23. The lowest BCUT2D eigenvalue weighted by atomic mass is 9.75. The van der Waals surface area contributed by atoms with Crippen LogP contribution in [0.1, 0.15) is 25.3 Å². The third-order valence-corrected chi connectivity index (χ3v) is 4.49. The molecule has 2 atom stereocenters. The van der Waals surface area contributed by atoms with Gasteiger partial charge < -0.3 is 9.47 Å². The number of esters is 2. The van der Waals surface area contributed by atoms with Crippen molar-refractivity contribution >= 4 is 17.7 Å². The summed E-state index contributed by atoms with van der Waals surface area (Å²) >= 11 is 0. The zero-order valence-corrected chi connectivity index (χ0v) is 16.5. The summed E-state index contributed by atoms with van der Waals surface area (Å²) in [5, 5.41) is 21.0. The molecule has 0 bridgehead atoms. The van der Waals surface area contributed by atoms with Gasteiger partial charge in [0.2, 0.25) is 13.1 Å². The number of nitrogens with zero attached hydrogens (tertiary/aromatic N) is 3. The molecule has 0 amide bonds. The van der Waals surface area contributed by atoms with Crippen molar-refractivity contribution in [3.05, 3.63) is 67.4 Å². The van der Waals surface area contributed by atoms with E-state index in [1.807, 2.05) is 0 Å². The minimum Gasteiger partial charge on any atom is -0.458 e. The molecule has 11 heteroatoms. The molecule has 0 spiro atoms. The second-order valence-electron chi connectivity index (χ2n) is 6.53. The van der Waals surface area contributed by atoms with Crippen LogP contribution < -0.4 is 0 Å². The number of benzene rings is 1. The lowest BCUT2D eigenvalue weighted by molar-refractivity contribution is -0.482. The SMILES string of the molecule is CC1=NC(C)=C(C(=O)OCC[N+](=O)[O-])C(c2ccccc2)C1C(=O)OCC[N+](=O)[O-]. The first-order chi connectivity index (χ1) is 14.2. The van der Waals surface area contributed by atoms with E-state index < -0.39 is 59.9 Å². The molecule has 2 unspecified atom stereocenters. The number of nitro groups is 2. The Morgan fingerprint density at radius 2 is 1.57 bits per heavy atom. The molecular formula is C19H21N3O8. The Kier molecular flexibility index (Phi) is 7.73. The molecule has 1 aromatic rings. The van der Waals surface area contributed by atoms with E-state index in [0.717, 1.165) is 0 Å². The highest BCUT2D eigenvalue weighted by Gasteiger charge is 2.42. The van der Waals surface area contributed by atoms with Gasteiger partial charge in [0.25, 0.3) is 0 Å². The monoisotopic (exact) mass is 419 g/mol. The Balaban J connectivity index is 2.38. The van der Waals surface area contributed by atoms with E-state index in [9.17, 15) is 29.8 Å². The summed E-state index contributed by atoms with van der Waals surface area (Å²) in [4.78, 5) is 49.6. The first kappa shape index (κ1) is 22.7. The predicted octanol–water partition coefficient (Wildman–Crippen LogP) is 1.77. The van der Waals surface area contributed by atoms with Crippen LogP contribution >= 0.6 is 0 Å². The second kappa shape index (κ2) is 10.2. The molecule has 0 aromatic heterocycles. The van der Waals surface area contributed by atoms with Crippen LogP contribution in [0.15, 0.2) is 46.6 Å². The molecule has 0 fully saturated rings. The smallest absolute Gasteiger partial charge is 0.336 e.